The van der Waals surface area contributed by atoms with Crippen LogP contribution in [0.5, 0.6) is 0 Å². The number of nitrogens with zero attached hydrogens (tertiary/aromatic N) is 2. The molecule has 1 amide bonds. The Balaban J connectivity index is 1.93. The molecule has 1 atom stereocenters. The zero-order valence-corrected chi connectivity index (χ0v) is 17.0. The highest BCUT2D eigenvalue weighted by molar-refractivity contribution is 7.88. The zero-order valence-electron chi connectivity index (χ0n) is 15.4. The SMILES string of the molecule is CCCN(CC(=O)N1CCc2sccc2C1c1ccc(F)cc1)S(C)(=O)=O. The van der Waals surface area contributed by atoms with Crippen LogP contribution in [0.1, 0.15) is 35.4 Å². The van der Waals surface area contributed by atoms with Crippen molar-refractivity contribution in [2.45, 2.75) is 25.8 Å². The van der Waals surface area contributed by atoms with E-state index in [1.54, 1.807) is 28.4 Å². The van der Waals surface area contributed by atoms with Crippen molar-refractivity contribution in [2.75, 3.05) is 25.9 Å². The lowest BCUT2D eigenvalue weighted by Gasteiger charge is -2.37. The first-order valence-corrected chi connectivity index (χ1v) is 11.6. The van der Waals surface area contributed by atoms with E-state index in [4.69, 9.17) is 0 Å². The fourth-order valence-electron chi connectivity index (χ4n) is 3.44. The summed E-state index contributed by atoms with van der Waals surface area (Å²) < 4.78 is 38.6. The van der Waals surface area contributed by atoms with Crippen LogP contribution in [0, 0.1) is 5.82 Å². The Labute approximate surface area is 163 Å². The Morgan fingerprint density at radius 2 is 2.00 bits per heavy atom. The van der Waals surface area contributed by atoms with Crippen molar-refractivity contribution in [3.8, 4) is 0 Å². The standard InChI is InChI=1S/C19H23FN2O3S2/c1-3-10-21(27(2,24)25)13-18(23)22-11-8-17-16(9-12-26-17)19(22)14-4-6-15(20)7-5-14/h4-7,9,12,19H,3,8,10-11,13H2,1-2H3. The van der Waals surface area contributed by atoms with E-state index in [0.717, 1.165) is 23.8 Å². The van der Waals surface area contributed by atoms with Crippen molar-refractivity contribution in [1.29, 1.82) is 0 Å². The maximum Gasteiger partial charge on any atom is 0.238 e. The molecule has 0 aliphatic carbocycles. The molecule has 1 aromatic carbocycles. The van der Waals surface area contributed by atoms with Crippen LogP contribution in [-0.4, -0.2) is 49.4 Å². The monoisotopic (exact) mass is 410 g/mol. The number of hydrogen-bond donors (Lipinski definition) is 0. The maximum atomic E-state index is 13.4. The van der Waals surface area contributed by atoms with Gasteiger partial charge in [0.1, 0.15) is 5.82 Å². The number of thiophene rings is 1. The van der Waals surface area contributed by atoms with Crippen molar-refractivity contribution in [3.05, 3.63) is 57.5 Å². The highest BCUT2D eigenvalue weighted by Gasteiger charge is 2.34. The van der Waals surface area contributed by atoms with Crippen LogP contribution < -0.4 is 0 Å². The van der Waals surface area contributed by atoms with Gasteiger partial charge >= 0.3 is 0 Å². The molecule has 3 rings (SSSR count). The molecule has 1 aliphatic heterocycles. The number of fused-ring (bicyclic) bond motifs is 1. The number of benzene rings is 1. The van der Waals surface area contributed by atoms with Gasteiger partial charge < -0.3 is 4.90 Å². The number of rotatable bonds is 6. The van der Waals surface area contributed by atoms with Gasteiger partial charge in [0.25, 0.3) is 0 Å². The van der Waals surface area contributed by atoms with Gasteiger partial charge in [-0.1, -0.05) is 19.1 Å². The van der Waals surface area contributed by atoms with E-state index in [-0.39, 0.29) is 24.3 Å². The third-order valence-electron chi connectivity index (χ3n) is 4.73. The molecule has 5 nitrogen and oxygen atoms in total. The Hall–Kier alpha value is -1.77. The fraction of sp³-hybridized carbons (Fsp3) is 0.421. The first kappa shape index (κ1) is 20.0. The fourth-order valence-corrected chi connectivity index (χ4v) is 5.21. The molecule has 0 saturated heterocycles. The topological polar surface area (TPSA) is 57.7 Å². The second-order valence-electron chi connectivity index (χ2n) is 6.69. The number of carbonyl (C=O) groups excluding carboxylic acids is 1. The van der Waals surface area contributed by atoms with Gasteiger partial charge in [0, 0.05) is 18.0 Å². The van der Waals surface area contributed by atoms with E-state index in [1.165, 1.54) is 21.3 Å². The number of amides is 1. The van der Waals surface area contributed by atoms with Gasteiger partial charge in [0.15, 0.2) is 0 Å². The van der Waals surface area contributed by atoms with Crippen LogP contribution in [0.4, 0.5) is 4.39 Å². The number of halogens is 1. The smallest absolute Gasteiger partial charge is 0.238 e. The summed E-state index contributed by atoms with van der Waals surface area (Å²) in [7, 11) is -3.46. The van der Waals surface area contributed by atoms with Crippen LogP contribution in [0.2, 0.25) is 0 Å². The van der Waals surface area contributed by atoms with Crippen molar-refractivity contribution < 1.29 is 17.6 Å². The van der Waals surface area contributed by atoms with Crippen molar-refractivity contribution >= 4 is 27.3 Å². The Kier molecular flexibility index (Phi) is 5.98. The Bertz CT molecular complexity index is 909. The molecule has 8 heteroatoms. The van der Waals surface area contributed by atoms with Crippen LogP contribution in [-0.2, 0) is 21.2 Å². The van der Waals surface area contributed by atoms with Gasteiger partial charge in [-0.25, -0.2) is 12.8 Å². The van der Waals surface area contributed by atoms with Gasteiger partial charge in [-0.05, 0) is 47.5 Å². The van der Waals surface area contributed by atoms with Gasteiger partial charge in [-0.15, -0.1) is 11.3 Å². The molecule has 1 unspecified atom stereocenters. The predicted molar refractivity (Wildman–Crippen MR) is 105 cm³/mol. The summed E-state index contributed by atoms with van der Waals surface area (Å²) in [5.41, 5.74) is 1.86. The largest absolute Gasteiger partial charge is 0.330 e. The van der Waals surface area contributed by atoms with Crippen LogP contribution in [0.25, 0.3) is 0 Å². The summed E-state index contributed by atoms with van der Waals surface area (Å²) in [6, 6.07) is 7.82. The summed E-state index contributed by atoms with van der Waals surface area (Å²) in [4.78, 5) is 16.0. The summed E-state index contributed by atoms with van der Waals surface area (Å²) >= 11 is 1.65. The molecule has 0 fully saturated rings. The normalized spacial score (nSPS) is 17.2. The molecule has 0 saturated carbocycles. The lowest BCUT2D eigenvalue weighted by Crippen LogP contribution is -2.46. The summed E-state index contributed by atoms with van der Waals surface area (Å²) in [6.07, 6.45) is 2.50. The quantitative estimate of drug-likeness (QED) is 0.736. The lowest BCUT2D eigenvalue weighted by molar-refractivity contribution is -0.133. The lowest BCUT2D eigenvalue weighted by atomic mass is 9.93. The van der Waals surface area contributed by atoms with Crippen LogP contribution in [0.15, 0.2) is 35.7 Å². The van der Waals surface area contributed by atoms with Gasteiger partial charge in [-0.2, -0.15) is 4.31 Å². The first-order chi connectivity index (χ1) is 12.8. The molecule has 2 heterocycles. The second kappa shape index (κ2) is 8.08. The predicted octanol–water partition coefficient (Wildman–Crippen LogP) is 3.03. The molecular formula is C19H23FN2O3S2. The van der Waals surface area contributed by atoms with E-state index < -0.39 is 10.0 Å². The van der Waals surface area contributed by atoms with Crippen molar-refractivity contribution in [2.24, 2.45) is 0 Å². The average molecular weight is 411 g/mol. The van der Waals surface area contributed by atoms with E-state index in [1.807, 2.05) is 18.4 Å². The van der Waals surface area contributed by atoms with Crippen molar-refractivity contribution in [3.63, 3.8) is 0 Å². The zero-order chi connectivity index (χ0) is 19.6. The molecular weight excluding hydrogens is 387 g/mol. The summed E-state index contributed by atoms with van der Waals surface area (Å²) in [6.45, 7) is 2.52. The summed E-state index contributed by atoms with van der Waals surface area (Å²) in [5.74, 6) is -0.566. The molecule has 1 aromatic heterocycles. The van der Waals surface area contributed by atoms with E-state index in [9.17, 15) is 17.6 Å². The van der Waals surface area contributed by atoms with Crippen LogP contribution in [0.3, 0.4) is 0 Å². The molecule has 146 valence electrons. The molecule has 0 radical (unpaired) electrons. The molecule has 0 spiro atoms. The van der Waals surface area contributed by atoms with Crippen molar-refractivity contribution in [1.82, 2.24) is 9.21 Å². The molecule has 1 aliphatic rings. The highest BCUT2D eigenvalue weighted by Crippen LogP contribution is 2.37. The minimum absolute atomic E-state index is 0.177. The minimum Gasteiger partial charge on any atom is -0.330 e. The molecule has 0 bridgehead atoms. The van der Waals surface area contributed by atoms with E-state index in [0.29, 0.717) is 19.5 Å². The molecule has 27 heavy (non-hydrogen) atoms. The number of sulfonamides is 1. The Morgan fingerprint density at radius 3 is 2.63 bits per heavy atom. The molecule has 0 N–H and O–H groups in total. The first-order valence-electron chi connectivity index (χ1n) is 8.87. The minimum atomic E-state index is -3.46. The third-order valence-corrected chi connectivity index (χ3v) is 6.97. The number of hydrogen-bond acceptors (Lipinski definition) is 4. The summed E-state index contributed by atoms with van der Waals surface area (Å²) in [5, 5.41) is 2.00. The second-order valence-corrected chi connectivity index (χ2v) is 9.67. The highest BCUT2D eigenvalue weighted by atomic mass is 32.2. The van der Waals surface area contributed by atoms with Gasteiger partial charge in [0.2, 0.25) is 15.9 Å². The van der Waals surface area contributed by atoms with Gasteiger partial charge in [-0.3, -0.25) is 4.79 Å². The average Bonchev–Trinajstić information content (AvgIpc) is 3.09. The van der Waals surface area contributed by atoms with Crippen LogP contribution >= 0.6 is 11.3 Å². The molecule has 2 aromatic rings. The third kappa shape index (κ3) is 4.39. The van der Waals surface area contributed by atoms with E-state index >= 15 is 0 Å². The number of carbonyl (C=O) groups is 1. The maximum absolute atomic E-state index is 13.4. The van der Waals surface area contributed by atoms with Gasteiger partial charge in [0.05, 0.1) is 18.8 Å². The Morgan fingerprint density at radius 1 is 1.30 bits per heavy atom. The van der Waals surface area contributed by atoms with E-state index in [2.05, 4.69) is 0 Å².